The van der Waals surface area contributed by atoms with Crippen molar-refractivity contribution in [1.82, 2.24) is 5.43 Å². The molecule has 0 atom stereocenters. The van der Waals surface area contributed by atoms with Gasteiger partial charge in [-0.2, -0.15) is 5.10 Å². The van der Waals surface area contributed by atoms with Gasteiger partial charge in [0.2, 0.25) is 0 Å². The molecule has 2 amide bonds. The summed E-state index contributed by atoms with van der Waals surface area (Å²) in [5.41, 5.74) is 9.02. The summed E-state index contributed by atoms with van der Waals surface area (Å²) < 4.78 is 5.73. The Labute approximate surface area is 113 Å². The first-order chi connectivity index (χ1) is 8.99. The van der Waals surface area contributed by atoms with Gasteiger partial charge in [-0.25, -0.2) is 10.2 Å². The third-order valence-corrected chi connectivity index (χ3v) is 2.50. The summed E-state index contributed by atoms with van der Waals surface area (Å²) in [6.07, 6.45) is 2.52. The summed E-state index contributed by atoms with van der Waals surface area (Å²) in [5, 5.41) is 3.76. The number of nitrogens with zero attached hydrogens (tertiary/aromatic N) is 1. The SMILES string of the molecule is Cc1ccc(OCCC(C)C)c(C=NNC(N)=O)c1. The van der Waals surface area contributed by atoms with Crippen LogP contribution in [0.1, 0.15) is 31.4 Å². The monoisotopic (exact) mass is 263 g/mol. The molecule has 0 aliphatic carbocycles. The molecule has 0 unspecified atom stereocenters. The summed E-state index contributed by atoms with van der Waals surface area (Å²) in [6, 6.07) is 5.13. The van der Waals surface area contributed by atoms with Crippen molar-refractivity contribution in [3.63, 3.8) is 0 Å². The van der Waals surface area contributed by atoms with E-state index < -0.39 is 6.03 Å². The van der Waals surface area contributed by atoms with Crippen LogP contribution in [-0.4, -0.2) is 18.9 Å². The van der Waals surface area contributed by atoms with E-state index in [1.165, 1.54) is 6.21 Å². The minimum Gasteiger partial charge on any atom is -0.493 e. The van der Waals surface area contributed by atoms with Gasteiger partial charge in [0.05, 0.1) is 12.8 Å². The average molecular weight is 263 g/mol. The molecule has 0 saturated heterocycles. The second-order valence-electron chi connectivity index (χ2n) is 4.81. The Morgan fingerprint density at radius 2 is 2.26 bits per heavy atom. The van der Waals surface area contributed by atoms with Crippen molar-refractivity contribution in [3.05, 3.63) is 29.3 Å². The van der Waals surface area contributed by atoms with E-state index in [-0.39, 0.29) is 0 Å². The van der Waals surface area contributed by atoms with Gasteiger partial charge in [0.15, 0.2) is 0 Å². The second-order valence-corrected chi connectivity index (χ2v) is 4.81. The number of nitrogens with one attached hydrogen (secondary N) is 1. The van der Waals surface area contributed by atoms with Crippen LogP contribution in [0.5, 0.6) is 5.75 Å². The molecule has 0 aliphatic heterocycles. The number of hydrogen-bond acceptors (Lipinski definition) is 3. The topological polar surface area (TPSA) is 76.7 Å². The highest BCUT2D eigenvalue weighted by molar-refractivity contribution is 5.85. The molecule has 0 spiro atoms. The number of hydrogen-bond donors (Lipinski definition) is 2. The van der Waals surface area contributed by atoms with Crippen LogP contribution in [0, 0.1) is 12.8 Å². The normalized spacial score (nSPS) is 10.9. The number of ether oxygens (including phenoxy) is 1. The number of rotatable bonds is 6. The largest absolute Gasteiger partial charge is 0.493 e. The molecule has 0 aliphatic rings. The molecule has 0 radical (unpaired) electrons. The number of amides is 2. The third-order valence-electron chi connectivity index (χ3n) is 2.50. The van der Waals surface area contributed by atoms with Crippen molar-refractivity contribution in [3.8, 4) is 5.75 Å². The van der Waals surface area contributed by atoms with E-state index in [4.69, 9.17) is 10.5 Å². The zero-order valence-corrected chi connectivity index (χ0v) is 11.6. The Bertz CT molecular complexity index is 456. The van der Waals surface area contributed by atoms with Gasteiger partial charge in [0, 0.05) is 5.56 Å². The van der Waals surface area contributed by atoms with Gasteiger partial charge < -0.3 is 10.5 Å². The zero-order chi connectivity index (χ0) is 14.3. The molecule has 0 aromatic heterocycles. The predicted molar refractivity (Wildman–Crippen MR) is 76.4 cm³/mol. The number of carbonyl (C=O) groups is 1. The molecule has 3 N–H and O–H groups in total. The zero-order valence-electron chi connectivity index (χ0n) is 11.6. The second kappa shape index (κ2) is 7.41. The average Bonchev–Trinajstić information content (AvgIpc) is 2.31. The molecule has 0 heterocycles. The molecule has 1 aromatic rings. The Morgan fingerprint density at radius 1 is 1.53 bits per heavy atom. The lowest BCUT2D eigenvalue weighted by molar-refractivity contribution is 0.249. The van der Waals surface area contributed by atoms with E-state index in [9.17, 15) is 4.79 Å². The van der Waals surface area contributed by atoms with Crippen LogP contribution in [0.3, 0.4) is 0 Å². The van der Waals surface area contributed by atoms with Gasteiger partial charge in [-0.05, 0) is 31.4 Å². The first kappa shape index (κ1) is 15.0. The van der Waals surface area contributed by atoms with Crippen molar-refractivity contribution in [2.75, 3.05) is 6.61 Å². The van der Waals surface area contributed by atoms with E-state index in [1.54, 1.807) is 0 Å². The molecule has 5 heteroatoms. The van der Waals surface area contributed by atoms with Gasteiger partial charge in [0.1, 0.15) is 5.75 Å². The van der Waals surface area contributed by atoms with Gasteiger partial charge in [-0.15, -0.1) is 0 Å². The van der Waals surface area contributed by atoms with Gasteiger partial charge >= 0.3 is 6.03 Å². The summed E-state index contributed by atoms with van der Waals surface area (Å²) in [6.45, 7) is 6.94. The van der Waals surface area contributed by atoms with Gasteiger partial charge in [-0.1, -0.05) is 25.5 Å². The van der Waals surface area contributed by atoms with Crippen LogP contribution >= 0.6 is 0 Å². The van der Waals surface area contributed by atoms with Crippen LogP contribution in [0.4, 0.5) is 4.79 Å². The fourth-order valence-corrected chi connectivity index (χ4v) is 1.47. The molecule has 0 bridgehead atoms. The number of aryl methyl sites for hydroxylation is 1. The molecule has 5 nitrogen and oxygen atoms in total. The first-order valence-electron chi connectivity index (χ1n) is 6.31. The number of nitrogens with two attached hydrogens (primary N) is 1. The van der Waals surface area contributed by atoms with Crippen LogP contribution in [-0.2, 0) is 0 Å². The lowest BCUT2D eigenvalue weighted by Crippen LogP contribution is -2.24. The Balaban J connectivity index is 2.73. The summed E-state index contributed by atoms with van der Waals surface area (Å²) in [7, 11) is 0. The van der Waals surface area contributed by atoms with Gasteiger partial charge in [0.25, 0.3) is 0 Å². The minimum atomic E-state index is -0.689. The number of carbonyl (C=O) groups excluding carboxylic acids is 1. The van der Waals surface area contributed by atoms with Crippen molar-refractivity contribution >= 4 is 12.2 Å². The predicted octanol–water partition coefficient (Wildman–Crippen LogP) is 2.42. The third kappa shape index (κ3) is 5.90. The van der Waals surface area contributed by atoms with Crippen molar-refractivity contribution in [2.45, 2.75) is 27.2 Å². The number of hydrazone groups is 1. The van der Waals surface area contributed by atoms with E-state index in [2.05, 4.69) is 24.4 Å². The molecular weight excluding hydrogens is 242 g/mol. The van der Waals surface area contributed by atoms with E-state index in [0.717, 1.165) is 23.3 Å². The van der Waals surface area contributed by atoms with E-state index in [0.29, 0.717) is 12.5 Å². The van der Waals surface area contributed by atoms with Crippen molar-refractivity contribution in [1.29, 1.82) is 0 Å². The summed E-state index contributed by atoms with van der Waals surface area (Å²) in [4.78, 5) is 10.6. The number of benzene rings is 1. The van der Waals surface area contributed by atoms with Crippen LogP contribution in [0.2, 0.25) is 0 Å². The van der Waals surface area contributed by atoms with E-state index >= 15 is 0 Å². The lowest BCUT2D eigenvalue weighted by Gasteiger charge is -2.11. The molecule has 0 fully saturated rings. The maximum atomic E-state index is 10.6. The smallest absolute Gasteiger partial charge is 0.332 e. The summed E-state index contributed by atoms with van der Waals surface area (Å²) in [5.74, 6) is 1.35. The molecule has 19 heavy (non-hydrogen) atoms. The molecule has 1 rings (SSSR count). The Morgan fingerprint density at radius 3 is 2.89 bits per heavy atom. The maximum absolute atomic E-state index is 10.6. The van der Waals surface area contributed by atoms with Crippen LogP contribution in [0.15, 0.2) is 23.3 Å². The van der Waals surface area contributed by atoms with Crippen molar-refractivity contribution < 1.29 is 9.53 Å². The Kier molecular flexibility index (Phi) is 5.85. The molecule has 104 valence electrons. The fraction of sp³-hybridized carbons (Fsp3) is 0.429. The Hall–Kier alpha value is -2.04. The molecule has 0 saturated carbocycles. The highest BCUT2D eigenvalue weighted by Crippen LogP contribution is 2.19. The van der Waals surface area contributed by atoms with Crippen LogP contribution < -0.4 is 15.9 Å². The molecule has 1 aromatic carbocycles. The highest BCUT2D eigenvalue weighted by atomic mass is 16.5. The lowest BCUT2D eigenvalue weighted by atomic mass is 10.1. The van der Waals surface area contributed by atoms with Crippen LogP contribution in [0.25, 0.3) is 0 Å². The summed E-state index contributed by atoms with van der Waals surface area (Å²) >= 11 is 0. The molecular formula is C14H21N3O2. The number of urea groups is 1. The fourth-order valence-electron chi connectivity index (χ4n) is 1.47. The number of primary amides is 1. The standard InChI is InChI=1S/C14H21N3O2/c1-10(2)6-7-19-13-5-4-11(3)8-12(13)9-16-17-14(15)18/h4-5,8-10H,6-7H2,1-3H3,(H3,15,17,18). The van der Waals surface area contributed by atoms with Crippen molar-refractivity contribution in [2.24, 2.45) is 16.8 Å². The minimum absolute atomic E-state index is 0.596. The van der Waals surface area contributed by atoms with Gasteiger partial charge in [-0.3, -0.25) is 0 Å². The first-order valence-corrected chi connectivity index (χ1v) is 6.31. The maximum Gasteiger partial charge on any atom is 0.332 e. The van der Waals surface area contributed by atoms with E-state index in [1.807, 2.05) is 25.1 Å². The quantitative estimate of drug-likeness (QED) is 0.611. The highest BCUT2D eigenvalue weighted by Gasteiger charge is 2.03.